The van der Waals surface area contributed by atoms with Crippen LogP contribution < -0.4 is 0 Å². The van der Waals surface area contributed by atoms with Crippen molar-refractivity contribution in [3.05, 3.63) is 24.5 Å². The van der Waals surface area contributed by atoms with Gasteiger partial charge in [-0.1, -0.05) is 12.7 Å². The average molecular weight is 100 g/mol. The molecule has 0 bridgehead atoms. The van der Waals surface area contributed by atoms with Crippen LogP contribution in [-0.2, 0) is 0 Å². The van der Waals surface area contributed by atoms with E-state index in [1.807, 2.05) is 0 Å². The maximum absolute atomic E-state index is 8.29. The van der Waals surface area contributed by atoms with Crippen LogP contribution in [0.5, 0.6) is 0 Å². The molecule has 0 aliphatic carbocycles. The molecule has 0 unspecified atom stereocenters. The Morgan fingerprint density at radius 1 is 1.71 bits per heavy atom. The van der Waals surface area contributed by atoms with Gasteiger partial charge in [-0.3, -0.25) is 0 Å². The van der Waals surface area contributed by atoms with E-state index in [1.165, 1.54) is 12.2 Å². The van der Waals surface area contributed by atoms with E-state index in [2.05, 4.69) is 6.58 Å². The molecule has 0 aromatic rings. The lowest BCUT2D eigenvalue weighted by Crippen LogP contribution is -1.72. The van der Waals surface area contributed by atoms with Gasteiger partial charge in [0.25, 0.3) is 0 Å². The topological polar surface area (TPSA) is 40.5 Å². The molecule has 0 amide bonds. The summed E-state index contributed by atoms with van der Waals surface area (Å²) in [7, 11) is 0. The fourth-order valence-electron chi connectivity index (χ4n) is 0.189. The van der Waals surface area contributed by atoms with E-state index in [-0.39, 0.29) is 12.4 Å². The Morgan fingerprint density at radius 2 is 2.29 bits per heavy atom. The number of aliphatic hydroxyl groups is 2. The van der Waals surface area contributed by atoms with Crippen LogP contribution in [0.15, 0.2) is 24.5 Å². The smallest absolute Gasteiger partial charge is 0.108 e. The first-order valence-corrected chi connectivity index (χ1v) is 1.92. The van der Waals surface area contributed by atoms with Crippen LogP contribution in [-0.4, -0.2) is 16.8 Å². The highest BCUT2D eigenvalue weighted by Crippen LogP contribution is 1.81. The molecule has 0 atom stereocenters. The van der Waals surface area contributed by atoms with Crippen molar-refractivity contribution < 1.29 is 10.2 Å². The summed E-state index contributed by atoms with van der Waals surface area (Å²) in [6, 6.07) is 0. The van der Waals surface area contributed by atoms with Gasteiger partial charge in [-0.25, -0.2) is 0 Å². The minimum atomic E-state index is -0.0560. The van der Waals surface area contributed by atoms with E-state index in [4.69, 9.17) is 10.2 Å². The lowest BCUT2D eigenvalue weighted by molar-refractivity contribution is 0.341. The minimum absolute atomic E-state index is 0.0333. The second kappa shape index (κ2) is 3.43. The molecule has 0 saturated carbocycles. The van der Waals surface area contributed by atoms with Crippen molar-refractivity contribution in [3.63, 3.8) is 0 Å². The van der Waals surface area contributed by atoms with Gasteiger partial charge in [-0.2, -0.15) is 0 Å². The summed E-state index contributed by atoms with van der Waals surface area (Å²) < 4.78 is 0. The first-order chi connectivity index (χ1) is 3.27. The molecule has 2 nitrogen and oxygen atoms in total. The van der Waals surface area contributed by atoms with Gasteiger partial charge in [0, 0.05) is 0 Å². The molecule has 40 valence electrons. The van der Waals surface area contributed by atoms with E-state index in [1.54, 1.807) is 0 Å². The van der Waals surface area contributed by atoms with Crippen molar-refractivity contribution in [1.82, 2.24) is 0 Å². The summed E-state index contributed by atoms with van der Waals surface area (Å²) in [6.07, 6.45) is 2.74. The zero-order chi connectivity index (χ0) is 5.70. The number of hydrogen-bond acceptors (Lipinski definition) is 2. The lowest BCUT2D eigenvalue weighted by Gasteiger charge is -1.79. The maximum Gasteiger partial charge on any atom is 0.108 e. The number of allylic oxidation sites excluding steroid dienone is 1. The maximum atomic E-state index is 8.29. The molecular formula is C5H8O2. The molecule has 0 aromatic heterocycles. The molecule has 0 rings (SSSR count). The van der Waals surface area contributed by atoms with E-state index in [0.717, 1.165) is 0 Å². The zero-order valence-corrected chi connectivity index (χ0v) is 3.96. The van der Waals surface area contributed by atoms with Crippen LogP contribution in [0, 0.1) is 0 Å². The molecule has 2 heteroatoms. The quantitative estimate of drug-likeness (QED) is 0.394. The highest BCUT2D eigenvalue weighted by molar-refractivity contribution is 5.04. The summed E-state index contributed by atoms with van der Waals surface area (Å²) in [6.45, 7) is 3.09. The van der Waals surface area contributed by atoms with Gasteiger partial charge in [0.05, 0.1) is 6.61 Å². The van der Waals surface area contributed by atoms with E-state index in [0.29, 0.717) is 0 Å². The van der Waals surface area contributed by atoms with E-state index in [9.17, 15) is 0 Å². The summed E-state index contributed by atoms with van der Waals surface area (Å²) in [5, 5.41) is 16.4. The van der Waals surface area contributed by atoms with Crippen LogP contribution in [0.25, 0.3) is 0 Å². The Labute approximate surface area is 42.4 Å². The monoisotopic (exact) mass is 100 g/mol. The van der Waals surface area contributed by atoms with Crippen LogP contribution in [0.2, 0.25) is 0 Å². The molecule has 2 N–H and O–H groups in total. The fourth-order valence-corrected chi connectivity index (χ4v) is 0.189. The molecule has 0 radical (unpaired) electrons. The summed E-state index contributed by atoms with van der Waals surface area (Å²) in [4.78, 5) is 0. The molecule has 7 heavy (non-hydrogen) atoms. The minimum Gasteiger partial charge on any atom is -0.509 e. The van der Waals surface area contributed by atoms with Crippen molar-refractivity contribution in [3.8, 4) is 0 Å². The SMILES string of the molecule is C=C(O)C=CCO. The Bertz CT molecular complexity index is 84.1. The molecule has 0 heterocycles. The molecule has 0 spiro atoms. The molecule has 0 saturated heterocycles. The number of aliphatic hydroxyl groups excluding tert-OH is 2. The van der Waals surface area contributed by atoms with Crippen LogP contribution in [0.1, 0.15) is 0 Å². The van der Waals surface area contributed by atoms with Gasteiger partial charge in [0.2, 0.25) is 0 Å². The predicted molar refractivity (Wildman–Crippen MR) is 28.0 cm³/mol. The van der Waals surface area contributed by atoms with Crippen molar-refractivity contribution in [2.24, 2.45) is 0 Å². The number of rotatable bonds is 2. The number of hydrogen-bond donors (Lipinski definition) is 2. The van der Waals surface area contributed by atoms with Gasteiger partial charge in [0.1, 0.15) is 5.76 Å². The third-order valence-electron chi connectivity index (χ3n) is 0.416. The van der Waals surface area contributed by atoms with Crippen LogP contribution >= 0.6 is 0 Å². The van der Waals surface area contributed by atoms with Crippen LogP contribution in [0.3, 0.4) is 0 Å². The average Bonchev–Trinajstić information content (AvgIpc) is 1.61. The zero-order valence-electron chi connectivity index (χ0n) is 3.96. The second-order valence-corrected chi connectivity index (χ2v) is 1.08. The van der Waals surface area contributed by atoms with Crippen molar-refractivity contribution >= 4 is 0 Å². The molecule has 0 aromatic carbocycles. The third-order valence-corrected chi connectivity index (χ3v) is 0.416. The van der Waals surface area contributed by atoms with Gasteiger partial charge in [-0.05, 0) is 6.08 Å². The third kappa shape index (κ3) is 5.24. The normalized spacial score (nSPS) is 9.86. The van der Waals surface area contributed by atoms with Crippen molar-refractivity contribution in [1.29, 1.82) is 0 Å². The summed E-state index contributed by atoms with van der Waals surface area (Å²) >= 11 is 0. The second-order valence-electron chi connectivity index (χ2n) is 1.08. The first kappa shape index (κ1) is 6.24. The van der Waals surface area contributed by atoms with E-state index >= 15 is 0 Å². The van der Waals surface area contributed by atoms with Crippen LogP contribution in [0.4, 0.5) is 0 Å². The van der Waals surface area contributed by atoms with Crippen molar-refractivity contribution in [2.75, 3.05) is 6.61 Å². The lowest BCUT2D eigenvalue weighted by atomic mass is 10.5. The first-order valence-electron chi connectivity index (χ1n) is 1.92. The summed E-state index contributed by atoms with van der Waals surface area (Å²) in [5.74, 6) is -0.0333. The molecular weight excluding hydrogens is 92.1 g/mol. The van der Waals surface area contributed by atoms with Gasteiger partial charge in [0.15, 0.2) is 0 Å². The highest BCUT2D eigenvalue weighted by Gasteiger charge is 1.70. The largest absolute Gasteiger partial charge is 0.509 e. The van der Waals surface area contributed by atoms with E-state index < -0.39 is 0 Å². The van der Waals surface area contributed by atoms with Gasteiger partial charge in [-0.15, -0.1) is 0 Å². The fraction of sp³-hybridized carbons (Fsp3) is 0.200. The standard InChI is InChI=1S/C5H8O2/c1-5(7)3-2-4-6/h2-3,6-7H,1,4H2. The Morgan fingerprint density at radius 3 is 2.43 bits per heavy atom. The van der Waals surface area contributed by atoms with Gasteiger partial charge < -0.3 is 10.2 Å². The predicted octanol–water partition coefficient (Wildman–Crippen LogP) is 0.607. The molecule has 0 aliphatic rings. The Balaban J connectivity index is 3.26. The Hall–Kier alpha value is -0.760. The van der Waals surface area contributed by atoms with Gasteiger partial charge >= 0.3 is 0 Å². The summed E-state index contributed by atoms with van der Waals surface area (Å²) in [5.41, 5.74) is 0. The van der Waals surface area contributed by atoms with Crippen molar-refractivity contribution in [2.45, 2.75) is 0 Å². The molecule has 0 aliphatic heterocycles. The molecule has 0 fully saturated rings. The Kier molecular flexibility index (Phi) is 3.06. The highest BCUT2D eigenvalue weighted by atomic mass is 16.3.